The van der Waals surface area contributed by atoms with Crippen LogP contribution in [0.15, 0.2) is 60.9 Å². The minimum Gasteiger partial charge on any atom is -0.478 e. The Labute approximate surface area is 150 Å². The number of aromatic nitrogens is 3. The molecular weight excluding hydrogens is 326 g/mol. The highest BCUT2D eigenvalue weighted by molar-refractivity contribution is 5.95. The number of rotatable bonds is 5. The van der Waals surface area contributed by atoms with Crippen LogP contribution in [0.3, 0.4) is 0 Å². The number of nitrogens with zero attached hydrogens (tertiary/aromatic N) is 2. The van der Waals surface area contributed by atoms with E-state index in [4.69, 9.17) is 0 Å². The van der Waals surface area contributed by atoms with Crippen molar-refractivity contribution in [3.05, 3.63) is 77.7 Å². The lowest BCUT2D eigenvalue weighted by molar-refractivity contribution is 0.0697. The van der Waals surface area contributed by atoms with E-state index < -0.39 is 5.97 Å². The summed E-state index contributed by atoms with van der Waals surface area (Å²) in [6.07, 6.45) is 4.46. The van der Waals surface area contributed by atoms with Gasteiger partial charge in [-0.3, -0.25) is 0 Å². The van der Waals surface area contributed by atoms with Gasteiger partial charge in [-0.1, -0.05) is 36.4 Å². The second-order valence-corrected chi connectivity index (χ2v) is 6.32. The summed E-state index contributed by atoms with van der Waals surface area (Å²) in [6, 6.07) is 15.3. The van der Waals surface area contributed by atoms with Crippen LogP contribution in [0, 0.1) is 6.92 Å². The van der Waals surface area contributed by atoms with E-state index in [2.05, 4.69) is 29.0 Å². The van der Waals surface area contributed by atoms with Gasteiger partial charge < -0.3 is 14.7 Å². The number of hydrogen-bond donors (Lipinski definition) is 2. The van der Waals surface area contributed by atoms with Crippen molar-refractivity contribution in [2.45, 2.75) is 19.9 Å². The normalized spacial score (nSPS) is 11.1. The third-order valence-electron chi connectivity index (χ3n) is 4.74. The highest BCUT2D eigenvalue weighted by atomic mass is 16.4. The zero-order valence-electron chi connectivity index (χ0n) is 14.4. The Morgan fingerprint density at radius 3 is 2.77 bits per heavy atom. The highest BCUT2D eigenvalue weighted by Gasteiger charge is 2.15. The van der Waals surface area contributed by atoms with Crippen molar-refractivity contribution in [3.63, 3.8) is 0 Å². The van der Waals surface area contributed by atoms with Crippen molar-refractivity contribution >= 4 is 16.9 Å². The number of nitrogens with one attached hydrogen (secondary N) is 1. The molecule has 2 aromatic carbocycles. The highest BCUT2D eigenvalue weighted by Crippen LogP contribution is 2.25. The van der Waals surface area contributed by atoms with Crippen LogP contribution in [0.4, 0.5) is 0 Å². The van der Waals surface area contributed by atoms with E-state index in [9.17, 15) is 9.90 Å². The second-order valence-electron chi connectivity index (χ2n) is 6.32. The fourth-order valence-corrected chi connectivity index (χ4v) is 3.49. The first-order valence-electron chi connectivity index (χ1n) is 8.55. The summed E-state index contributed by atoms with van der Waals surface area (Å²) in [4.78, 5) is 19.4. The summed E-state index contributed by atoms with van der Waals surface area (Å²) in [5.74, 6) is -0.261. The molecule has 0 saturated heterocycles. The van der Waals surface area contributed by atoms with Gasteiger partial charge in [0.05, 0.1) is 5.56 Å². The summed E-state index contributed by atoms with van der Waals surface area (Å²) >= 11 is 0. The number of carboxylic acid groups (broad SMARTS) is 1. The third-order valence-corrected chi connectivity index (χ3v) is 4.74. The molecule has 0 atom stereocenters. The summed E-state index contributed by atoms with van der Waals surface area (Å²) in [6.45, 7) is 2.82. The van der Waals surface area contributed by atoms with Gasteiger partial charge in [0.1, 0.15) is 5.82 Å². The summed E-state index contributed by atoms with van der Waals surface area (Å²) in [5, 5.41) is 10.7. The quantitative estimate of drug-likeness (QED) is 0.567. The Balaban J connectivity index is 1.66. The van der Waals surface area contributed by atoms with Gasteiger partial charge >= 0.3 is 5.97 Å². The Morgan fingerprint density at radius 2 is 1.92 bits per heavy atom. The number of aromatic amines is 1. The minimum atomic E-state index is -0.942. The predicted molar refractivity (Wildman–Crippen MR) is 101 cm³/mol. The number of fused-ring (bicyclic) bond motifs is 1. The van der Waals surface area contributed by atoms with E-state index in [0.717, 1.165) is 18.5 Å². The molecule has 0 fully saturated rings. The van der Waals surface area contributed by atoms with E-state index in [0.29, 0.717) is 11.4 Å². The predicted octanol–water partition coefficient (Wildman–Crippen LogP) is 4.28. The SMILES string of the molecule is Cc1[nH]c2ccccc2c1CCn1ccnc1-c1ccccc1C(=O)O. The maximum Gasteiger partial charge on any atom is 0.336 e. The first-order valence-corrected chi connectivity index (χ1v) is 8.55. The molecule has 0 aliphatic carbocycles. The second kappa shape index (κ2) is 6.52. The van der Waals surface area contributed by atoms with Gasteiger partial charge in [0.25, 0.3) is 0 Å². The summed E-state index contributed by atoms with van der Waals surface area (Å²) in [5.41, 5.74) is 4.50. The van der Waals surface area contributed by atoms with Gasteiger partial charge in [0.2, 0.25) is 0 Å². The van der Waals surface area contributed by atoms with Crippen LogP contribution in [0.1, 0.15) is 21.6 Å². The maximum atomic E-state index is 11.5. The topological polar surface area (TPSA) is 70.9 Å². The number of imidazole rings is 1. The number of aromatic carboxylic acids is 1. The Morgan fingerprint density at radius 1 is 1.15 bits per heavy atom. The Bertz CT molecular complexity index is 1090. The molecular formula is C21H19N3O2. The molecule has 4 rings (SSSR count). The standard InChI is InChI=1S/C21H19N3O2/c1-14-15(16-6-4-5-9-19(16)23-14)10-12-24-13-11-22-20(24)17-7-2-3-8-18(17)21(25)26/h2-9,11,13,23H,10,12H2,1H3,(H,25,26). The molecule has 5 nitrogen and oxygen atoms in total. The number of aryl methyl sites for hydroxylation is 3. The van der Waals surface area contributed by atoms with E-state index in [1.807, 2.05) is 29.0 Å². The molecule has 0 spiro atoms. The van der Waals surface area contributed by atoms with Gasteiger partial charge in [-0.2, -0.15) is 0 Å². The molecule has 2 aromatic heterocycles. The molecule has 0 amide bonds. The zero-order valence-corrected chi connectivity index (χ0v) is 14.4. The maximum absolute atomic E-state index is 11.5. The third kappa shape index (κ3) is 2.77. The van der Waals surface area contributed by atoms with Crippen molar-refractivity contribution in [1.82, 2.24) is 14.5 Å². The molecule has 5 heteroatoms. The molecule has 26 heavy (non-hydrogen) atoms. The van der Waals surface area contributed by atoms with Crippen molar-refractivity contribution in [2.24, 2.45) is 0 Å². The molecule has 0 saturated carbocycles. The fourth-order valence-electron chi connectivity index (χ4n) is 3.49. The summed E-state index contributed by atoms with van der Waals surface area (Å²) in [7, 11) is 0. The number of para-hydroxylation sites is 1. The largest absolute Gasteiger partial charge is 0.478 e. The van der Waals surface area contributed by atoms with E-state index in [1.54, 1.807) is 24.4 Å². The Kier molecular flexibility index (Phi) is 4.05. The molecule has 0 aliphatic heterocycles. The van der Waals surface area contributed by atoms with Crippen LogP contribution < -0.4 is 0 Å². The van der Waals surface area contributed by atoms with Crippen molar-refractivity contribution in [1.29, 1.82) is 0 Å². The molecule has 0 radical (unpaired) electrons. The molecule has 0 bridgehead atoms. The monoisotopic (exact) mass is 345 g/mol. The van der Waals surface area contributed by atoms with Crippen LogP contribution >= 0.6 is 0 Å². The molecule has 2 N–H and O–H groups in total. The first-order chi connectivity index (χ1) is 12.6. The lowest BCUT2D eigenvalue weighted by atomic mass is 10.1. The van der Waals surface area contributed by atoms with Crippen molar-refractivity contribution in [2.75, 3.05) is 0 Å². The summed E-state index contributed by atoms with van der Waals surface area (Å²) < 4.78 is 2.02. The van der Waals surface area contributed by atoms with Gasteiger partial charge in [-0.05, 0) is 31.0 Å². The van der Waals surface area contributed by atoms with E-state index in [1.165, 1.54) is 16.6 Å². The average Bonchev–Trinajstić information content (AvgIpc) is 3.23. The van der Waals surface area contributed by atoms with Crippen LogP contribution in [0.2, 0.25) is 0 Å². The number of carboxylic acids is 1. The van der Waals surface area contributed by atoms with Crippen molar-refractivity contribution in [3.8, 4) is 11.4 Å². The van der Waals surface area contributed by atoms with Gasteiger partial charge in [0.15, 0.2) is 0 Å². The lowest BCUT2D eigenvalue weighted by Crippen LogP contribution is -2.06. The number of benzene rings is 2. The number of H-pyrrole nitrogens is 1. The first kappa shape index (κ1) is 16.1. The molecule has 130 valence electrons. The molecule has 0 unspecified atom stereocenters. The number of carbonyl (C=O) groups is 1. The minimum absolute atomic E-state index is 0.267. The van der Waals surface area contributed by atoms with E-state index in [-0.39, 0.29) is 5.56 Å². The zero-order chi connectivity index (χ0) is 18.1. The van der Waals surface area contributed by atoms with Crippen molar-refractivity contribution < 1.29 is 9.90 Å². The van der Waals surface area contributed by atoms with Gasteiger partial charge in [-0.25, -0.2) is 9.78 Å². The fraction of sp³-hybridized carbons (Fsp3) is 0.143. The average molecular weight is 345 g/mol. The van der Waals surface area contributed by atoms with Crippen LogP contribution in [0.5, 0.6) is 0 Å². The molecule has 4 aromatic rings. The molecule has 2 heterocycles. The smallest absolute Gasteiger partial charge is 0.336 e. The Hall–Kier alpha value is -3.34. The van der Waals surface area contributed by atoms with E-state index >= 15 is 0 Å². The van der Waals surface area contributed by atoms with Gasteiger partial charge in [-0.15, -0.1) is 0 Å². The van der Waals surface area contributed by atoms with Crippen LogP contribution in [-0.2, 0) is 13.0 Å². The lowest BCUT2D eigenvalue weighted by Gasteiger charge is -2.10. The van der Waals surface area contributed by atoms with Crippen LogP contribution in [0.25, 0.3) is 22.3 Å². The number of hydrogen-bond acceptors (Lipinski definition) is 2. The molecule has 0 aliphatic rings. The van der Waals surface area contributed by atoms with Gasteiger partial charge in [0, 0.05) is 41.1 Å². The van der Waals surface area contributed by atoms with Crippen LogP contribution in [-0.4, -0.2) is 25.6 Å².